The summed E-state index contributed by atoms with van der Waals surface area (Å²) in [5.74, 6) is -0.241. The van der Waals surface area contributed by atoms with Gasteiger partial charge in [-0.25, -0.2) is 0 Å². The first-order chi connectivity index (χ1) is 9.75. The molecule has 0 bridgehead atoms. The molecule has 0 spiro atoms. The quantitative estimate of drug-likeness (QED) is 0.852. The molecule has 2 rings (SSSR count). The second-order valence-electron chi connectivity index (χ2n) is 4.60. The van der Waals surface area contributed by atoms with Crippen molar-refractivity contribution in [2.24, 2.45) is 0 Å². The zero-order valence-electron chi connectivity index (χ0n) is 11.4. The average molecular weight is 317 g/mol. The number of nitrogens with one attached hydrogen (secondary N) is 2. The Kier molecular flexibility index (Phi) is 4.08. The molecule has 2 aromatic rings. The molecule has 1 aromatic heterocycles. The third-order valence-corrected chi connectivity index (χ3v) is 3.46. The topological polar surface area (TPSA) is 49.8 Å². The highest BCUT2D eigenvalue weighted by Crippen LogP contribution is 2.31. The molecule has 1 atom stereocenters. The van der Waals surface area contributed by atoms with E-state index in [4.69, 9.17) is 12.2 Å². The standard InChI is InChI=1S/C13H14F3N3OS/c1-3-17-11(20)7(2)19-10-5-4-8(13(14,15)16)6-9(10)18-12(19)21/h4-7H,3H2,1-2H3,(H,17,20)(H,18,21). The number of fused-ring (bicyclic) bond motifs is 1. The van der Waals surface area contributed by atoms with Crippen molar-refractivity contribution in [1.82, 2.24) is 14.9 Å². The first-order valence-electron chi connectivity index (χ1n) is 6.35. The van der Waals surface area contributed by atoms with Crippen LogP contribution in [-0.4, -0.2) is 22.0 Å². The van der Waals surface area contributed by atoms with E-state index in [9.17, 15) is 18.0 Å². The van der Waals surface area contributed by atoms with Gasteiger partial charge in [-0.15, -0.1) is 0 Å². The number of rotatable bonds is 3. The summed E-state index contributed by atoms with van der Waals surface area (Å²) in [6.45, 7) is 3.90. The number of benzene rings is 1. The van der Waals surface area contributed by atoms with Gasteiger partial charge < -0.3 is 14.9 Å². The predicted octanol–water partition coefficient (Wildman–Crippen LogP) is 3.41. The van der Waals surface area contributed by atoms with Gasteiger partial charge in [0.15, 0.2) is 4.77 Å². The van der Waals surface area contributed by atoms with Crippen LogP contribution in [0.2, 0.25) is 0 Å². The van der Waals surface area contributed by atoms with E-state index < -0.39 is 17.8 Å². The van der Waals surface area contributed by atoms with Crippen LogP contribution in [0.4, 0.5) is 13.2 Å². The van der Waals surface area contributed by atoms with Gasteiger partial charge in [0.2, 0.25) is 5.91 Å². The molecule has 21 heavy (non-hydrogen) atoms. The number of likely N-dealkylation sites (N-methyl/N-ethyl adjacent to an activating group) is 1. The average Bonchev–Trinajstić information content (AvgIpc) is 2.72. The fraction of sp³-hybridized carbons (Fsp3) is 0.385. The molecular formula is C13H14F3N3OS. The molecule has 1 unspecified atom stereocenters. The third kappa shape index (κ3) is 2.94. The summed E-state index contributed by atoms with van der Waals surface area (Å²) in [5.41, 5.74) is -0.0400. The zero-order valence-corrected chi connectivity index (χ0v) is 12.2. The molecule has 1 heterocycles. The van der Waals surface area contributed by atoms with Crippen molar-refractivity contribution in [2.45, 2.75) is 26.1 Å². The van der Waals surface area contributed by atoms with Gasteiger partial charge in [-0.3, -0.25) is 4.79 Å². The lowest BCUT2D eigenvalue weighted by Gasteiger charge is -2.14. The normalized spacial score (nSPS) is 13.4. The molecule has 1 aromatic carbocycles. The van der Waals surface area contributed by atoms with Crippen LogP contribution in [0.15, 0.2) is 18.2 Å². The lowest BCUT2D eigenvalue weighted by Crippen LogP contribution is -2.30. The van der Waals surface area contributed by atoms with Crippen LogP contribution in [0, 0.1) is 4.77 Å². The van der Waals surface area contributed by atoms with E-state index in [0.29, 0.717) is 12.1 Å². The van der Waals surface area contributed by atoms with Crippen molar-refractivity contribution in [3.8, 4) is 0 Å². The summed E-state index contributed by atoms with van der Waals surface area (Å²) in [7, 11) is 0. The van der Waals surface area contributed by atoms with Gasteiger partial charge in [-0.1, -0.05) is 0 Å². The molecule has 0 aliphatic rings. The van der Waals surface area contributed by atoms with E-state index in [1.54, 1.807) is 13.8 Å². The van der Waals surface area contributed by atoms with Gasteiger partial charge in [0.25, 0.3) is 0 Å². The second kappa shape index (κ2) is 5.51. The second-order valence-corrected chi connectivity index (χ2v) is 4.99. The molecule has 0 aliphatic carbocycles. The number of imidazole rings is 1. The van der Waals surface area contributed by atoms with E-state index in [0.717, 1.165) is 12.1 Å². The summed E-state index contributed by atoms with van der Waals surface area (Å²) >= 11 is 5.12. The van der Waals surface area contributed by atoms with Gasteiger partial charge in [-0.2, -0.15) is 13.2 Å². The van der Waals surface area contributed by atoms with Crippen molar-refractivity contribution in [1.29, 1.82) is 0 Å². The SMILES string of the molecule is CCNC(=O)C(C)n1c(=S)[nH]c2cc(C(F)(F)F)ccc21. The Morgan fingerprint density at radius 3 is 2.71 bits per heavy atom. The lowest BCUT2D eigenvalue weighted by atomic mass is 10.2. The number of carbonyl (C=O) groups excluding carboxylic acids is 1. The van der Waals surface area contributed by atoms with Crippen LogP contribution in [0.25, 0.3) is 11.0 Å². The molecule has 114 valence electrons. The van der Waals surface area contributed by atoms with Crippen LogP contribution in [0.5, 0.6) is 0 Å². The minimum absolute atomic E-state index is 0.211. The van der Waals surface area contributed by atoms with E-state index >= 15 is 0 Å². The Labute approximate surface area is 124 Å². The largest absolute Gasteiger partial charge is 0.416 e. The number of carbonyl (C=O) groups is 1. The van der Waals surface area contributed by atoms with Crippen LogP contribution < -0.4 is 5.32 Å². The van der Waals surface area contributed by atoms with Crippen LogP contribution in [-0.2, 0) is 11.0 Å². The maximum atomic E-state index is 12.7. The third-order valence-electron chi connectivity index (χ3n) is 3.16. The maximum Gasteiger partial charge on any atom is 0.416 e. The van der Waals surface area contributed by atoms with Gasteiger partial charge in [0.05, 0.1) is 16.6 Å². The van der Waals surface area contributed by atoms with E-state index in [-0.39, 0.29) is 16.2 Å². The van der Waals surface area contributed by atoms with E-state index in [1.165, 1.54) is 10.6 Å². The molecule has 2 N–H and O–H groups in total. The zero-order chi connectivity index (χ0) is 15.8. The maximum absolute atomic E-state index is 12.7. The minimum Gasteiger partial charge on any atom is -0.355 e. The van der Waals surface area contributed by atoms with Gasteiger partial charge >= 0.3 is 6.18 Å². The molecule has 0 saturated heterocycles. The Morgan fingerprint density at radius 1 is 1.48 bits per heavy atom. The van der Waals surface area contributed by atoms with Crippen molar-refractivity contribution in [3.05, 3.63) is 28.5 Å². The van der Waals surface area contributed by atoms with Crippen LogP contribution in [0.3, 0.4) is 0 Å². The van der Waals surface area contributed by atoms with Crippen LogP contribution in [0.1, 0.15) is 25.5 Å². The molecule has 0 aliphatic heterocycles. The molecule has 1 amide bonds. The molecular weight excluding hydrogens is 303 g/mol. The number of hydrogen-bond acceptors (Lipinski definition) is 2. The van der Waals surface area contributed by atoms with Crippen molar-refractivity contribution in [3.63, 3.8) is 0 Å². The fourth-order valence-electron chi connectivity index (χ4n) is 2.13. The summed E-state index contributed by atoms with van der Waals surface area (Å²) in [4.78, 5) is 14.6. The molecule has 8 heteroatoms. The first kappa shape index (κ1) is 15.6. The smallest absolute Gasteiger partial charge is 0.355 e. The minimum atomic E-state index is -4.42. The Balaban J connectivity index is 2.54. The number of aromatic nitrogens is 2. The number of alkyl halides is 3. The van der Waals surface area contributed by atoms with Gasteiger partial charge in [-0.05, 0) is 44.3 Å². The fourth-order valence-corrected chi connectivity index (χ4v) is 2.50. The number of H-pyrrole nitrogens is 1. The number of nitrogens with zero attached hydrogens (tertiary/aromatic N) is 1. The molecule has 0 fully saturated rings. The first-order valence-corrected chi connectivity index (χ1v) is 6.75. The van der Waals surface area contributed by atoms with Crippen molar-refractivity contribution < 1.29 is 18.0 Å². The number of hydrogen-bond donors (Lipinski definition) is 2. The summed E-state index contributed by atoms with van der Waals surface area (Å²) in [5, 5.41) is 2.66. The Hall–Kier alpha value is -1.83. The number of amides is 1. The van der Waals surface area contributed by atoms with Gasteiger partial charge in [0, 0.05) is 6.54 Å². The number of halogens is 3. The highest BCUT2D eigenvalue weighted by molar-refractivity contribution is 7.71. The van der Waals surface area contributed by atoms with Crippen molar-refractivity contribution >= 4 is 29.2 Å². The van der Waals surface area contributed by atoms with E-state index in [1.807, 2.05) is 0 Å². The Bertz CT molecular complexity index is 732. The number of aromatic amines is 1. The van der Waals surface area contributed by atoms with E-state index in [2.05, 4.69) is 10.3 Å². The highest BCUT2D eigenvalue weighted by Gasteiger charge is 2.31. The molecule has 0 radical (unpaired) electrons. The summed E-state index contributed by atoms with van der Waals surface area (Å²) in [6.07, 6.45) is -4.42. The summed E-state index contributed by atoms with van der Waals surface area (Å²) < 4.78 is 39.8. The van der Waals surface area contributed by atoms with Gasteiger partial charge in [0.1, 0.15) is 6.04 Å². The summed E-state index contributed by atoms with van der Waals surface area (Å²) in [6, 6.07) is 2.68. The molecule has 4 nitrogen and oxygen atoms in total. The molecule has 0 saturated carbocycles. The predicted molar refractivity (Wildman–Crippen MR) is 75.5 cm³/mol. The highest BCUT2D eigenvalue weighted by atomic mass is 32.1. The Morgan fingerprint density at radius 2 is 2.14 bits per heavy atom. The lowest BCUT2D eigenvalue weighted by molar-refractivity contribution is -0.137. The van der Waals surface area contributed by atoms with Crippen molar-refractivity contribution in [2.75, 3.05) is 6.54 Å². The van der Waals surface area contributed by atoms with Crippen LogP contribution >= 0.6 is 12.2 Å². The monoisotopic (exact) mass is 317 g/mol.